The Balaban J connectivity index is 3.21. The average molecular weight is 240 g/mol. The van der Waals surface area contributed by atoms with E-state index in [2.05, 4.69) is 0 Å². The first-order valence-corrected chi connectivity index (χ1v) is 4.42. The molecule has 1 aromatic carbocycles. The summed E-state index contributed by atoms with van der Waals surface area (Å²) >= 11 is 5.65. The molecular formula is C9H9ClF3NO. The van der Waals surface area contributed by atoms with E-state index in [9.17, 15) is 18.3 Å². The number of benzene rings is 1. The van der Waals surface area contributed by atoms with Crippen LogP contribution in [0.5, 0.6) is 5.75 Å². The Bertz CT molecular complexity index is 378. The Morgan fingerprint density at radius 1 is 1.40 bits per heavy atom. The molecule has 0 aliphatic heterocycles. The lowest BCUT2D eigenvalue weighted by molar-refractivity contribution is -0.149. The van der Waals surface area contributed by atoms with Crippen molar-refractivity contribution >= 4 is 11.6 Å². The minimum Gasteiger partial charge on any atom is -0.508 e. The van der Waals surface area contributed by atoms with Crippen molar-refractivity contribution in [2.45, 2.75) is 19.1 Å². The molecule has 0 aromatic heterocycles. The zero-order valence-electron chi connectivity index (χ0n) is 7.77. The number of aryl methyl sites for hydroxylation is 1. The van der Waals surface area contributed by atoms with E-state index >= 15 is 0 Å². The van der Waals surface area contributed by atoms with Crippen LogP contribution in [-0.2, 0) is 0 Å². The molecule has 0 heterocycles. The van der Waals surface area contributed by atoms with Crippen molar-refractivity contribution in [1.29, 1.82) is 0 Å². The van der Waals surface area contributed by atoms with Gasteiger partial charge in [-0.3, -0.25) is 0 Å². The van der Waals surface area contributed by atoms with Gasteiger partial charge in [-0.1, -0.05) is 11.6 Å². The van der Waals surface area contributed by atoms with Gasteiger partial charge in [0.15, 0.2) is 0 Å². The van der Waals surface area contributed by atoms with Gasteiger partial charge in [-0.2, -0.15) is 13.2 Å². The van der Waals surface area contributed by atoms with Gasteiger partial charge in [0.25, 0.3) is 0 Å². The van der Waals surface area contributed by atoms with Gasteiger partial charge in [0, 0.05) is 10.6 Å². The normalized spacial score (nSPS) is 14.0. The minimum absolute atomic E-state index is 0.141. The highest BCUT2D eigenvalue weighted by Gasteiger charge is 2.39. The van der Waals surface area contributed by atoms with Crippen LogP contribution >= 0.6 is 11.6 Å². The molecule has 0 saturated heterocycles. The van der Waals surface area contributed by atoms with Crippen LogP contribution in [0.1, 0.15) is 17.2 Å². The van der Waals surface area contributed by atoms with Crippen molar-refractivity contribution in [2.24, 2.45) is 5.73 Å². The maximum Gasteiger partial charge on any atom is 0.407 e. The third-order valence-corrected chi connectivity index (χ3v) is 2.40. The van der Waals surface area contributed by atoms with Gasteiger partial charge in [-0.15, -0.1) is 0 Å². The fourth-order valence-corrected chi connectivity index (χ4v) is 1.28. The van der Waals surface area contributed by atoms with E-state index in [4.69, 9.17) is 17.3 Å². The highest BCUT2D eigenvalue weighted by molar-refractivity contribution is 6.31. The lowest BCUT2D eigenvalue weighted by atomic mass is 10.0. The van der Waals surface area contributed by atoms with Crippen molar-refractivity contribution in [1.82, 2.24) is 0 Å². The van der Waals surface area contributed by atoms with E-state index in [0.29, 0.717) is 5.56 Å². The van der Waals surface area contributed by atoms with Gasteiger partial charge in [0.05, 0.1) is 0 Å². The molecule has 0 unspecified atom stereocenters. The predicted molar refractivity (Wildman–Crippen MR) is 50.8 cm³/mol. The molecule has 1 aromatic rings. The molecule has 0 saturated carbocycles. The molecule has 6 heteroatoms. The first-order valence-electron chi connectivity index (χ1n) is 4.04. The first-order chi connectivity index (χ1) is 6.73. The van der Waals surface area contributed by atoms with Crippen molar-refractivity contribution in [3.8, 4) is 5.75 Å². The van der Waals surface area contributed by atoms with Crippen molar-refractivity contribution in [2.75, 3.05) is 0 Å². The highest BCUT2D eigenvalue weighted by atomic mass is 35.5. The standard InChI is InChI=1S/C9H9ClF3NO/c1-4-2-7(15)5(3-6(4)10)8(14)9(11,12)13/h2-3,8,15H,14H2,1H3/t8-/m1/s1. The Morgan fingerprint density at radius 3 is 2.40 bits per heavy atom. The molecule has 0 aliphatic rings. The molecule has 0 spiro atoms. The largest absolute Gasteiger partial charge is 0.508 e. The summed E-state index contributed by atoms with van der Waals surface area (Å²) in [6, 6.07) is -0.0382. The maximum absolute atomic E-state index is 12.3. The van der Waals surface area contributed by atoms with Crippen LogP contribution in [0.3, 0.4) is 0 Å². The van der Waals surface area contributed by atoms with Crippen LogP contribution in [0.15, 0.2) is 12.1 Å². The number of hydrogen-bond donors (Lipinski definition) is 2. The second kappa shape index (κ2) is 3.90. The summed E-state index contributed by atoms with van der Waals surface area (Å²) in [6.07, 6.45) is -4.60. The molecule has 84 valence electrons. The second-order valence-corrected chi connectivity index (χ2v) is 3.59. The number of rotatable bonds is 1. The molecule has 0 radical (unpaired) electrons. The molecule has 15 heavy (non-hydrogen) atoms. The van der Waals surface area contributed by atoms with Crippen molar-refractivity contribution in [3.63, 3.8) is 0 Å². The van der Waals surface area contributed by atoms with E-state index in [1.54, 1.807) is 6.92 Å². The van der Waals surface area contributed by atoms with Crippen LogP contribution in [0.25, 0.3) is 0 Å². The molecule has 0 fully saturated rings. The quantitative estimate of drug-likeness (QED) is 0.792. The monoisotopic (exact) mass is 239 g/mol. The third kappa shape index (κ3) is 2.54. The van der Waals surface area contributed by atoms with Gasteiger partial charge < -0.3 is 10.8 Å². The second-order valence-electron chi connectivity index (χ2n) is 3.18. The summed E-state index contributed by atoms with van der Waals surface area (Å²) in [5.74, 6) is -0.498. The summed E-state index contributed by atoms with van der Waals surface area (Å²) in [6.45, 7) is 1.57. The number of hydrogen-bond acceptors (Lipinski definition) is 2. The number of phenolic OH excluding ortho intramolecular Hbond substituents is 1. The lowest BCUT2D eigenvalue weighted by Gasteiger charge is -2.17. The van der Waals surface area contributed by atoms with Gasteiger partial charge >= 0.3 is 6.18 Å². The van der Waals surface area contributed by atoms with Crippen LogP contribution in [-0.4, -0.2) is 11.3 Å². The van der Waals surface area contributed by atoms with Gasteiger partial charge in [0.1, 0.15) is 11.8 Å². The number of halogens is 4. The summed E-state index contributed by atoms with van der Waals surface area (Å²) < 4.78 is 36.8. The summed E-state index contributed by atoms with van der Waals surface area (Å²) in [5.41, 5.74) is 5.02. The minimum atomic E-state index is -4.60. The zero-order valence-corrected chi connectivity index (χ0v) is 8.52. The Kier molecular flexibility index (Phi) is 3.16. The first kappa shape index (κ1) is 12.1. The molecular weight excluding hydrogens is 231 g/mol. The number of phenols is 1. The van der Waals surface area contributed by atoms with Gasteiger partial charge in [0.2, 0.25) is 0 Å². The fraction of sp³-hybridized carbons (Fsp3) is 0.333. The highest BCUT2D eigenvalue weighted by Crippen LogP contribution is 2.37. The Hall–Kier alpha value is -0.940. The van der Waals surface area contributed by atoms with E-state index in [1.807, 2.05) is 0 Å². The van der Waals surface area contributed by atoms with Crippen LogP contribution in [0, 0.1) is 6.92 Å². The van der Waals surface area contributed by atoms with E-state index < -0.39 is 23.5 Å². The number of nitrogens with two attached hydrogens (primary N) is 1. The van der Waals surface area contributed by atoms with Crippen molar-refractivity contribution < 1.29 is 18.3 Å². The van der Waals surface area contributed by atoms with Crippen LogP contribution in [0.2, 0.25) is 5.02 Å². The lowest BCUT2D eigenvalue weighted by Crippen LogP contribution is -2.28. The van der Waals surface area contributed by atoms with Gasteiger partial charge in [-0.25, -0.2) is 0 Å². The molecule has 3 N–H and O–H groups in total. The molecule has 1 rings (SSSR count). The topological polar surface area (TPSA) is 46.2 Å². The predicted octanol–water partition coefficient (Wildman–Crippen LogP) is 2.92. The summed E-state index contributed by atoms with van der Waals surface area (Å²) in [5, 5.41) is 9.45. The smallest absolute Gasteiger partial charge is 0.407 e. The van der Waals surface area contributed by atoms with Crippen molar-refractivity contribution in [3.05, 3.63) is 28.3 Å². The Morgan fingerprint density at radius 2 is 1.93 bits per heavy atom. The van der Waals surface area contributed by atoms with E-state index in [0.717, 1.165) is 12.1 Å². The fourth-order valence-electron chi connectivity index (χ4n) is 1.11. The molecule has 2 nitrogen and oxygen atoms in total. The average Bonchev–Trinajstić information content (AvgIpc) is 2.08. The number of aromatic hydroxyl groups is 1. The Labute approximate surface area is 89.5 Å². The third-order valence-electron chi connectivity index (χ3n) is 2.00. The van der Waals surface area contributed by atoms with Gasteiger partial charge in [-0.05, 0) is 24.6 Å². The SMILES string of the molecule is Cc1cc(O)c([C@@H](N)C(F)(F)F)cc1Cl. The van der Waals surface area contributed by atoms with Crippen LogP contribution < -0.4 is 5.73 Å². The number of alkyl halides is 3. The molecule has 1 atom stereocenters. The molecule has 0 amide bonds. The molecule has 0 aliphatic carbocycles. The van der Waals surface area contributed by atoms with E-state index in [1.165, 1.54) is 0 Å². The zero-order chi connectivity index (χ0) is 11.8. The van der Waals surface area contributed by atoms with E-state index in [-0.39, 0.29) is 5.02 Å². The summed E-state index contributed by atoms with van der Waals surface area (Å²) in [4.78, 5) is 0. The molecule has 0 bridgehead atoms. The maximum atomic E-state index is 12.3. The summed E-state index contributed by atoms with van der Waals surface area (Å²) in [7, 11) is 0. The van der Waals surface area contributed by atoms with Crippen LogP contribution in [0.4, 0.5) is 13.2 Å².